The molecule has 16 heavy (non-hydrogen) atoms. The van der Waals surface area contributed by atoms with Gasteiger partial charge >= 0.3 is 0 Å². The van der Waals surface area contributed by atoms with Gasteiger partial charge in [-0.1, -0.05) is 46.9 Å². The molecule has 82 valence electrons. The quantitative estimate of drug-likeness (QED) is 0.723. The van der Waals surface area contributed by atoms with E-state index >= 15 is 0 Å². The number of benzene rings is 2. The van der Waals surface area contributed by atoms with Gasteiger partial charge in [0, 0.05) is 10.6 Å². The van der Waals surface area contributed by atoms with E-state index in [0.29, 0.717) is 20.6 Å². The number of hydrogen-bond donors (Lipinski definition) is 1. The van der Waals surface area contributed by atoms with Gasteiger partial charge in [-0.2, -0.15) is 0 Å². The molecular weight excluding hydrogens is 266 g/mol. The molecule has 0 saturated carbocycles. The van der Waals surface area contributed by atoms with Crippen LogP contribution >= 0.6 is 34.8 Å². The minimum atomic E-state index is 0.193. The third kappa shape index (κ3) is 2.12. The molecule has 0 aliphatic rings. The fourth-order valence-corrected chi connectivity index (χ4v) is 2.17. The molecule has 0 unspecified atom stereocenters. The van der Waals surface area contributed by atoms with Crippen molar-refractivity contribution in [3.05, 3.63) is 51.5 Å². The van der Waals surface area contributed by atoms with Gasteiger partial charge in [0.25, 0.3) is 0 Å². The molecule has 2 aromatic carbocycles. The minimum absolute atomic E-state index is 0.193. The monoisotopic (exact) mass is 272 g/mol. The van der Waals surface area contributed by atoms with E-state index in [-0.39, 0.29) is 5.75 Å². The van der Waals surface area contributed by atoms with Crippen molar-refractivity contribution in [1.29, 1.82) is 0 Å². The number of phenols is 1. The smallest absolute Gasteiger partial charge is 0.115 e. The second-order valence-corrected chi connectivity index (χ2v) is 4.46. The van der Waals surface area contributed by atoms with Crippen LogP contribution in [0, 0.1) is 0 Å². The summed E-state index contributed by atoms with van der Waals surface area (Å²) in [6, 6.07) is 9.96. The molecule has 2 rings (SSSR count). The number of aromatic hydroxyl groups is 1. The van der Waals surface area contributed by atoms with Crippen molar-refractivity contribution in [2.75, 3.05) is 0 Å². The van der Waals surface area contributed by atoms with Gasteiger partial charge in [0.15, 0.2) is 0 Å². The summed E-state index contributed by atoms with van der Waals surface area (Å²) in [7, 11) is 0. The average molecular weight is 274 g/mol. The third-order valence-corrected chi connectivity index (χ3v) is 3.32. The summed E-state index contributed by atoms with van der Waals surface area (Å²) in [5, 5.41) is 10.6. The largest absolute Gasteiger partial charge is 0.508 e. The van der Waals surface area contributed by atoms with Gasteiger partial charge in [0.1, 0.15) is 5.75 Å². The van der Waals surface area contributed by atoms with Crippen molar-refractivity contribution in [3.63, 3.8) is 0 Å². The highest BCUT2D eigenvalue weighted by molar-refractivity contribution is 6.46. The van der Waals surface area contributed by atoms with Gasteiger partial charge in [-0.25, -0.2) is 0 Å². The summed E-state index contributed by atoms with van der Waals surface area (Å²) < 4.78 is 0. The van der Waals surface area contributed by atoms with Crippen LogP contribution in [0.5, 0.6) is 5.75 Å². The highest BCUT2D eigenvalue weighted by atomic mass is 35.5. The molecule has 1 N–H and O–H groups in total. The zero-order valence-corrected chi connectivity index (χ0v) is 10.3. The highest BCUT2D eigenvalue weighted by Gasteiger charge is 2.11. The van der Waals surface area contributed by atoms with Crippen molar-refractivity contribution < 1.29 is 5.11 Å². The Bertz CT molecular complexity index is 521. The maximum Gasteiger partial charge on any atom is 0.115 e. The van der Waals surface area contributed by atoms with E-state index in [9.17, 15) is 5.11 Å². The van der Waals surface area contributed by atoms with Crippen LogP contribution in [-0.4, -0.2) is 5.11 Å². The normalized spacial score (nSPS) is 10.4. The molecule has 0 radical (unpaired) electrons. The van der Waals surface area contributed by atoms with Crippen LogP contribution in [0.3, 0.4) is 0 Å². The van der Waals surface area contributed by atoms with Crippen LogP contribution in [0.25, 0.3) is 11.1 Å². The summed E-state index contributed by atoms with van der Waals surface area (Å²) in [6.45, 7) is 0. The lowest BCUT2D eigenvalue weighted by atomic mass is 10.1. The predicted octanol–water partition coefficient (Wildman–Crippen LogP) is 5.02. The van der Waals surface area contributed by atoms with Gasteiger partial charge < -0.3 is 5.11 Å². The van der Waals surface area contributed by atoms with Crippen LogP contribution in [0.4, 0.5) is 0 Å². The Labute approximate surface area is 108 Å². The molecule has 0 atom stereocenters. The van der Waals surface area contributed by atoms with E-state index < -0.39 is 0 Å². The first kappa shape index (κ1) is 11.6. The molecule has 0 amide bonds. The van der Waals surface area contributed by atoms with E-state index in [1.807, 2.05) is 0 Å². The molecule has 1 nitrogen and oxygen atoms in total. The number of phenolic OH excluding ortho intramolecular Hbond substituents is 1. The lowest BCUT2D eigenvalue weighted by Gasteiger charge is -2.08. The van der Waals surface area contributed by atoms with Crippen LogP contribution in [0.1, 0.15) is 0 Å². The molecule has 0 aromatic heterocycles. The van der Waals surface area contributed by atoms with E-state index in [1.165, 1.54) is 0 Å². The van der Waals surface area contributed by atoms with Crippen LogP contribution in [-0.2, 0) is 0 Å². The zero-order valence-electron chi connectivity index (χ0n) is 8.05. The Hall–Kier alpha value is -0.890. The van der Waals surface area contributed by atoms with Crippen molar-refractivity contribution in [3.8, 4) is 16.9 Å². The Morgan fingerprint density at radius 1 is 0.750 bits per heavy atom. The molecule has 0 aliphatic heterocycles. The molecule has 0 bridgehead atoms. The summed E-state index contributed by atoms with van der Waals surface area (Å²) >= 11 is 18.1. The number of rotatable bonds is 1. The zero-order chi connectivity index (χ0) is 11.7. The van der Waals surface area contributed by atoms with Crippen LogP contribution < -0.4 is 0 Å². The first-order valence-electron chi connectivity index (χ1n) is 4.52. The lowest BCUT2D eigenvalue weighted by Crippen LogP contribution is -1.82. The molecule has 0 heterocycles. The molecule has 0 fully saturated rings. The first-order valence-corrected chi connectivity index (χ1v) is 5.66. The standard InChI is InChI=1S/C12H7Cl3O/c13-9-5-6-10(14)12(15)11(9)7-1-3-8(16)4-2-7/h1-6,16H. The van der Waals surface area contributed by atoms with E-state index in [4.69, 9.17) is 34.8 Å². The molecular formula is C12H7Cl3O. The summed E-state index contributed by atoms with van der Waals surface area (Å²) in [6.07, 6.45) is 0. The Kier molecular flexibility index (Phi) is 3.29. The maximum atomic E-state index is 9.20. The molecule has 2 aromatic rings. The van der Waals surface area contributed by atoms with Crippen molar-refractivity contribution in [1.82, 2.24) is 0 Å². The molecule has 4 heteroatoms. The third-order valence-electron chi connectivity index (χ3n) is 2.20. The minimum Gasteiger partial charge on any atom is -0.508 e. The summed E-state index contributed by atoms with van der Waals surface area (Å²) in [5.74, 6) is 0.193. The van der Waals surface area contributed by atoms with Gasteiger partial charge in [-0.3, -0.25) is 0 Å². The van der Waals surface area contributed by atoms with Crippen molar-refractivity contribution in [2.45, 2.75) is 0 Å². The Balaban J connectivity index is 2.63. The van der Waals surface area contributed by atoms with Gasteiger partial charge in [-0.15, -0.1) is 0 Å². The SMILES string of the molecule is Oc1ccc(-c2c(Cl)ccc(Cl)c2Cl)cc1. The number of halogens is 3. The van der Waals surface area contributed by atoms with Crippen LogP contribution in [0.15, 0.2) is 36.4 Å². The predicted molar refractivity (Wildman–Crippen MR) is 68.6 cm³/mol. The highest BCUT2D eigenvalue weighted by Crippen LogP contribution is 2.39. The Morgan fingerprint density at radius 2 is 1.31 bits per heavy atom. The second-order valence-electron chi connectivity index (χ2n) is 3.27. The van der Waals surface area contributed by atoms with E-state index in [1.54, 1.807) is 36.4 Å². The topological polar surface area (TPSA) is 20.2 Å². The molecule has 0 spiro atoms. The number of hydrogen-bond acceptors (Lipinski definition) is 1. The molecule has 0 saturated heterocycles. The van der Waals surface area contributed by atoms with Crippen molar-refractivity contribution >= 4 is 34.8 Å². The van der Waals surface area contributed by atoms with Crippen LogP contribution in [0.2, 0.25) is 15.1 Å². The first-order chi connectivity index (χ1) is 7.59. The van der Waals surface area contributed by atoms with Gasteiger partial charge in [0.05, 0.1) is 10.0 Å². The summed E-state index contributed by atoms with van der Waals surface area (Å²) in [4.78, 5) is 0. The average Bonchev–Trinajstić information content (AvgIpc) is 2.27. The second kappa shape index (κ2) is 4.54. The summed E-state index contributed by atoms with van der Waals surface area (Å²) in [5.41, 5.74) is 1.49. The lowest BCUT2D eigenvalue weighted by molar-refractivity contribution is 0.475. The fourth-order valence-electron chi connectivity index (χ4n) is 1.42. The van der Waals surface area contributed by atoms with E-state index in [0.717, 1.165) is 5.56 Å². The van der Waals surface area contributed by atoms with Gasteiger partial charge in [0.2, 0.25) is 0 Å². The maximum absolute atomic E-state index is 9.20. The van der Waals surface area contributed by atoms with E-state index in [2.05, 4.69) is 0 Å². The van der Waals surface area contributed by atoms with Gasteiger partial charge in [-0.05, 0) is 29.8 Å². The molecule has 0 aliphatic carbocycles. The van der Waals surface area contributed by atoms with Crippen molar-refractivity contribution in [2.24, 2.45) is 0 Å². The Morgan fingerprint density at radius 3 is 1.94 bits per heavy atom. The fraction of sp³-hybridized carbons (Fsp3) is 0.